The highest BCUT2D eigenvalue weighted by atomic mass is 32.2. The minimum atomic E-state index is 0.00485. The van der Waals surface area contributed by atoms with Gasteiger partial charge in [-0.3, -0.25) is 9.59 Å². The van der Waals surface area contributed by atoms with Crippen LogP contribution in [-0.4, -0.2) is 52.4 Å². The molecule has 0 aromatic carbocycles. The number of piperidine rings is 1. The number of carbonyl (C=O) groups excluding carboxylic acids is 2. The highest BCUT2D eigenvalue weighted by Crippen LogP contribution is 2.31. The summed E-state index contributed by atoms with van der Waals surface area (Å²) in [4.78, 5) is 29.0. The molecule has 5 nitrogen and oxygen atoms in total. The van der Waals surface area contributed by atoms with Gasteiger partial charge in [-0.05, 0) is 25.3 Å². The van der Waals surface area contributed by atoms with Gasteiger partial charge in [0.2, 0.25) is 5.91 Å². The molecule has 0 N–H and O–H groups in total. The number of hydrogen-bond acceptors (Lipinski definition) is 4. The normalized spacial score (nSPS) is 22.6. The lowest BCUT2D eigenvalue weighted by Crippen LogP contribution is -2.45. The number of likely N-dealkylation sites (tertiary alicyclic amines) is 1. The van der Waals surface area contributed by atoms with E-state index >= 15 is 0 Å². The number of thioether (sulfide) groups is 1. The summed E-state index contributed by atoms with van der Waals surface area (Å²) in [5.74, 6) is 1.42. The molecule has 0 aliphatic carbocycles. The number of furan rings is 1. The molecule has 23 heavy (non-hydrogen) atoms. The Morgan fingerprint density at radius 1 is 1.30 bits per heavy atom. The Kier molecular flexibility index (Phi) is 5.30. The quantitative estimate of drug-likeness (QED) is 0.848. The Balaban J connectivity index is 1.54. The molecule has 0 bridgehead atoms. The first-order valence-corrected chi connectivity index (χ1v) is 9.49. The van der Waals surface area contributed by atoms with Crippen LogP contribution in [0.15, 0.2) is 23.0 Å². The largest absolute Gasteiger partial charge is 0.472 e. The van der Waals surface area contributed by atoms with Gasteiger partial charge >= 0.3 is 0 Å². The van der Waals surface area contributed by atoms with Crippen LogP contribution in [0.1, 0.15) is 43.0 Å². The summed E-state index contributed by atoms with van der Waals surface area (Å²) in [6, 6.07) is 1.69. The molecule has 2 amide bonds. The van der Waals surface area contributed by atoms with E-state index in [9.17, 15) is 9.59 Å². The Morgan fingerprint density at radius 3 is 2.74 bits per heavy atom. The summed E-state index contributed by atoms with van der Waals surface area (Å²) in [7, 11) is 0. The second-order valence-corrected chi connectivity index (χ2v) is 7.51. The van der Waals surface area contributed by atoms with Crippen LogP contribution in [0.25, 0.3) is 0 Å². The average Bonchev–Trinajstić information content (AvgIpc) is 3.26. The van der Waals surface area contributed by atoms with Crippen LogP contribution in [0.5, 0.6) is 0 Å². The molecule has 1 atom stereocenters. The van der Waals surface area contributed by atoms with Crippen molar-refractivity contribution in [2.45, 2.75) is 38.0 Å². The van der Waals surface area contributed by atoms with E-state index in [0.717, 1.165) is 38.0 Å². The molecule has 0 saturated carbocycles. The van der Waals surface area contributed by atoms with Crippen molar-refractivity contribution >= 4 is 23.6 Å². The van der Waals surface area contributed by atoms with Gasteiger partial charge in [0.25, 0.3) is 5.91 Å². The van der Waals surface area contributed by atoms with Crippen molar-refractivity contribution in [1.29, 1.82) is 0 Å². The van der Waals surface area contributed by atoms with Crippen molar-refractivity contribution in [2.24, 2.45) is 5.92 Å². The fraction of sp³-hybridized carbons (Fsp3) is 0.647. The number of rotatable bonds is 4. The zero-order valence-corrected chi connectivity index (χ0v) is 14.4. The maximum atomic E-state index is 12.8. The molecule has 2 saturated heterocycles. The van der Waals surface area contributed by atoms with E-state index in [1.165, 1.54) is 12.5 Å². The van der Waals surface area contributed by atoms with Crippen LogP contribution in [0.4, 0.5) is 0 Å². The fourth-order valence-electron chi connectivity index (χ4n) is 3.39. The molecular formula is C17H24N2O3S. The van der Waals surface area contributed by atoms with Crippen LogP contribution in [-0.2, 0) is 4.79 Å². The van der Waals surface area contributed by atoms with E-state index in [0.29, 0.717) is 29.9 Å². The summed E-state index contributed by atoms with van der Waals surface area (Å²) < 4.78 is 4.98. The molecule has 1 aromatic rings. The topological polar surface area (TPSA) is 53.8 Å². The molecule has 6 heteroatoms. The van der Waals surface area contributed by atoms with Gasteiger partial charge in [-0.15, -0.1) is 11.8 Å². The number of nitrogens with zero attached hydrogens (tertiary/aromatic N) is 2. The Morgan fingerprint density at radius 2 is 2.09 bits per heavy atom. The third kappa shape index (κ3) is 3.57. The van der Waals surface area contributed by atoms with Gasteiger partial charge in [-0.1, -0.05) is 13.3 Å². The van der Waals surface area contributed by atoms with E-state index in [4.69, 9.17) is 4.42 Å². The molecule has 126 valence electrons. The van der Waals surface area contributed by atoms with Crippen LogP contribution >= 0.6 is 11.8 Å². The Hall–Kier alpha value is -1.43. The minimum absolute atomic E-state index is 0.00485. The maximum absolute atomic E-state index is 12.8. The lowest BCUT2D eigenvalue weighted by Gasteiger charge is -2.34. The molecular weight excluding hydrogens is 312 g/mol. The van der Waals surface area contributed by atoms with E-state index in [1.807, 2.05) is 16.7 Å². The van der Waals surface area contributed by atoms with Gasteiger partial charge in [0.05, 0.1) is 17.2 Å². The van der Waals surface area contributed by atoms with E-state index < -0.39 is 0 Å². The Labute approximate surface area is 141 Å². The van der Waals surface area contributed by atoms with Gasteiger partial charge in [-0.2, -0.15) is 0 Å². The average molecular weight is 336 g/mol. The first-order valence-electron chi connectivity index (χ1n) is 8.44. The first kappa shape index (κ1) is 16.4. The van der Waals surface area contributed by atoms with Gasteiger partial charge < -0.3 is 14.2 Å². The van der Waals surface area contributed by atoms with Gasteiger partial charge in [0.1, 0.15) is 6.26 Å². The minimum Gasteiger partial charge on any atom is -0.472 e. The van der Waals surface area contributed by atoms with Crippen LogP contribution in [0.3, 0.4) is 0 Å². The zero-order valence-electron chi connectivity index (χ0n) is 13.6. The molecule has 2 aliphatic rings. The lowest BCUT2D eigenvalue weighted by atomic mass is 9.94. The fourth-order valence-corrected chi connectivity index (χ4v) is 4.76. The second-order valence-electron chi connectivity index (χ2n) is 6.22. The SMILES string of the molecule is CCC[C@@H]1SCCN1C(=O)C1CCN(C(=O)c2ccoc2)CC1. The summed E-state index contributed by atoms with van der Waals surface area (Å²) in [6.07, 6.45) is 6.72. The summed E-state index contributed by atoms with van der Waals surface area (Å²) in [5.41, 5.74) is 0.591. The molecule has 3 rings (SSSR count). The molecule has 2 fully saturated rings. The number of carbonyl (C=O) groups is 2. The predicted molar refractivity (Wildman–Crippen MR) is 90.2 cm³/mol. The zero-order chi connectivity index (χ0) is 16.2. The molecule has 0 unspecified atom stereocenters. The van der Waals surface area contributed by atoms with Crippen molar-refractivity contribution in [3.05, 3.63) is 24.2 Å². The lowest BCUT2D eigenvalue weighted by molar-refractivity contribution is -0.137. The molecule has 1 aromatic heterocycles. The van der Waals surface area contributed by atoms with Crippen LogP contribution < -0.4 is 0 Å². The maximum Gasteiger partial charge on any atom is 0.257 e. The number of amides is 2. The molecule has 0 spiro atoms. The summed E-state index contributed by atoms with van der Waals surface area (Å²) in [5, 5.41) is 0.359. The summed E-state index contributed by atoms with van der Waals surface area (Å²) >= 11 is 1.90. The van der Waals surface area contributed by atoms with Crippen molar-refractivity contribution in [3.8, 4) is 0 Å². The third-order valence-corrected chi connectivity index (χ3v) is 6.00. The standard InChI is InChI=1S/C17H24N2O3S/c1-2-3-15-19(9-11-23-15)17(21)13-4-7-18(8-5-13)16(20)14-6-10-22-12-14/h6,10,12-13,15H,2-5,7-9,11H2,1H3/t15-/m0/s1. The van der Waals surface area contributed by atoms with Crippen molar-refractivity contribution in [1.82, 2.24) is 9.80 Å². The molecule has 3 heterocycles. The second kappa shape index (κ2) is 7.43. The molecule has 2 aliphatic heterocycles. The third-order valence-electron chi connectivity index (χ3n) is 4.71. The first-order chi connectivity index (χ1) is 11.2. The van der Waals surface area contributed by atoms with Gasteiger partial charge in [-0.25, -0.2) is 0 Å². The summed E-state index contributed by atoms with van der Waals surface area (Å²) in [6.45, 7) is 4.35. The van der Waals surface area contributed by atoms with Gasteiger partial charge in [0.15, 0.2) is 0 Å². The smallest absolute Gasteiger partial charge is 0.257 e. The highest BCUT2D eigenvalue weighted by molar-refractivity contribution is 8.00. The van der Waals surface area contributed by atoms with Gasteiger partial charge in [0, 0.05) is 31.3 Å². The van der Waals surface area contributed by atoms with Crippen LogP contribution in [0.2, 0.25) is 0 Å². The molecule has 0 radical (unpaired) electrons. The number of hydrogen-bond donors (Lipinski definition) is 0. The van der Waals surface area contributed by atoms with Crippen molar-refractivity contribution in [2.75, 3.05) is 25.4 Å². The highest BCUT2D eigenvalue weighted by Gasteiger charge is 2.35. The van der Waals surface area contributed by atoms with Crippen molar-refractivity contribution in [3.63, 3.8) is 0 Å². The predicted octanol–water partition coefficient (Wildman–Crippen LogP) is 2.83. The Bertz CT molecular complexity index is 538. The van der Waals surface area contributed by atoms with E-state index in [-0.39, 0.29) is 11.8 Å². The van der Waals surface area contributed by atoms with E-state index in [1.54, 1.807) is 6.07 Å². The van der Waals surface area contributed by atoms with Crippen LogP contribution in [0, 0.1) is 5.92 Å². The van der Waals surface area contributed by atoms with E-state index in [2.05, 4.69) is 11.8 Å². The van der Waals surface area contributed by atoms with Crippen molar-refractivity contribution < 1.29 is 14.0 Å². The monoisotopic (exact) mass is 336 g/mol.